The van der Waals surface area contributed by atoms with E-state index in [4.69, 9.17) is 21.1 Å². The van der Waals surface area contributed by atoms with E-state index in [0.717, 1.165) is 5.56 Å². The molecule has 1 unspecified atom stereocenters. The molecular weight excluding hydrogens is 240 g/mol. The lowest BCUT2D eigenvalue weighted by atomic mass is 9.99. The van der Waals surface area contributed by atoms with Crippen LogP contribution in [-0.2, 0) is 0 Å². The first-order valence-electron chi connectivity index (χ1n) is 5.16. The minimum Gasteiger partial charge on any atom is -0.475 e. The largest absolute Gasteiger partial charge is 0.475 e. The predicted octanol–water partition coefficient (Wildman–Crippen LogP) is 3.78. The third-order valence-electron chi connectivity index (χ3n) is 2.61. The molecule has 0 saturated heterocycles. The molecule has 1 aromatic heterocycles. The maximum Gasteiger partial charge on any atom is 0.371 e. The van der Waals surface area contributed by atoms with Gasteiger partial charge in [-0.2, -0.15) is 0 Å². The summed E-state index contributed by atoms with van der Waals surface area (Å²) in [6.07, 6.45) is 0. The van der Waals surface area contributed by atoms with E-state index in [2.05, 4.69) is 0 Å². The fourth-order valence-electron chi connectivity index (χ4n) is 1.64. The van der Waals surface area contributed by atoms with Crippen molar-refractivity contribution in [1.29, 1.82) is 0 Å². The number of furan rings is 1. The number of benzene rings is 1. The molecule has 0 aliphatic rings. The van der Waals surface area contributed by atoms with Crippen molar-refractivity contribution in [2.45, 2.75) is 12.8 Å². The SMILES string of the molecule is CC(c1cccc(Cl)c1)c1ccc(C(=O)O)o1. The van der Waals surface area contributed by atoms with Gasteiger partial charge >= 0.3 is 5.97 Å². The summed E-state index contributed by atoms with van der Waals surface area (Å²) in [5, 5.41) is 9.43. The Labute approximate surface area is 104 Å². The molecule has 17 heavy (non-hydrogen) atoms. The Hall–Kier alpha value is -1.74. The molecule has 1 aromatic carbocycles. The highest BCUT2D eigenvalue weighted by molar-refractivity contribution is 6.30. The highest BCUT2D eigenvalue weighted by Gasteiger charge is 2.15. The Bertz CT molecular complexity index is 545. The quantitative estimate of drug-likeness (QED) is 0.902. The van der Waals surface area contributed by atoms with E-state index in [9.17, 15) is 4.79 Å². The predicted molar refractivity (Wildman–Crippen MR) is 64.6 cm³/mol. The highest BCUT2D eigenvalue weighted by atomic mass is 35.5. The third kappa shape index (κ3) is 2.50. The van der Waals surface area contributed by atoms with E-state index in [1.807, 2.05) is 25.1 Å². The lowest BCUT2D eigenvalue weighted by molar-refractivity contribution is 0.0660. The van der Waals surface area contributed by atoms with Crippen LogP contribution in [-0.4, -0.2) is 11.1 Å². The lowest BCUT2D eigenvalue weighted by Crippen LogP contribution is -1.95. The first-order chi connectivity index (χ1) is 8.08. The maximum atomic E-state index is 10.7. The van der Waals surface area contributed by atoms with E-state index in [1.165, 1.54) is 6.07 Å². The van der Waals surface area contributed by atoms with Crippen LogP contribution in [0.2, 0.25) is 5.02 Å². The van der Waals surface area contributed by atoms with Crippen LogP contribution in [0.1, 0.15) is 34.7 Å². The van der Waals surface area contributed by atoms with Gasteiger partial charge in [-0.15, -0.1) is 0 Å². The van der Waals surface area contributed by atoms with Crippen molar-refractivity contribution >= 4 is 17.6 Å². The fraction of sp³-hybridized carbons (Fsp3) is 0.154. The number of carboxylic acids is 1. The van der Waals surface area contributed by atoms with Crippen molar-refractivity contribution in [3.05, 3.63) is 58.5 Å². The second-order valence-electron chi connectivity index (χ2n) is 3.78. The van der Waals surface area contributed by atoms with Crippen LogP contribution in [0.3, 0.4) is 0 Å². The molecule has 2 rings (SSSR count). The number of aromatic carboxylic acids is 1. The van der Waals surface area contributed by atoms with Crippen LogP contribution >= 0.6 is 11.6 Å². The van der Waals surface area contributed by atoms with Crippen molar-refractivity contribution < 1.29 is 14.3 Å². The number of halogens is 1. The Morgan fingerprint density at radius 1 is 1.35 bits per heavy atom. The summed E-state index contributed by atoms with van der Waals surface area (Å²) in [7, 11) is 0. The van der Waals surface area contributed by atoms with Gasteiger partial charge in [0.15, 0.2) is 0 Å². The number of carboxylic acid groups (broad SMARTS) is 1. The fourth-order valence-corrected chi connectivity index (χ4v) is 1.84. The van der Waals surface area contributed by atoms with Gasteiger partial charge in [-0.1, -0.05) is 30.7 Å². The highest BCUT2D eigenvalue weighted by Crippen LogP contribution is 2.27. The minimum absolute atomic E-state index is 0.0261. The Kier molecular flexibility index (Phi) is 3.20. The standard InChI is InChI=1S/C13H11ClO3/c1-8(9-3-2-4-10(14)7-9)11-5-6-12(17-11)13(15)16/h2-8H,1H3,(H,15,16). The van der Waals surface area contributed by atoms with Gasteiger partial charge in [0, 0.05) is 10.9 Å². The lowest BCUT2D eigenvalue weighted by Gasteiger charge is -2.08. The van der Waals surface area contributed by atoms with Gasteiger partial charge in [0.25, 0.3) is 0 Å². The van der Waals surface area contributed by atoms with Gasteiger partial charge in [-0.25, -0.2) is 4.79 Å². The number of hydrogen-bond donors (Lipinski definition) is 1. The average molecular weight is 251 g/mol. The van der Waals surface area contributed by atoms with Crippen molar-refractivity contribution in [2.75, 3.05) is 0 Å². The smallest absolute Gasteiger partial charge is 0.371 e. The summed E-state index contributed by atoms with van der Waals surface area (Å²) in [6, 6.07) is 10.6. The van der Waals surface area contributed by atoms with Crippen LogP contribution < -0.4 is 0 Å². The Morgan fingerprint density at radius 2 is 2.12 bits per heavy atom. The first-order valence-corrected chi connectivity index (χ1v) is 5.54. The maximum absolute atomic E-state index is 10.7. The van der Waals surface area contributed by atoms with Crippen LogP contribution in [0.5, 0.6) is 0 Å². The Balaban J connectivity index is 2.30. The zero-order valence-electron chi connectivity index (χ0n) is 9.18. The zero-order valence-corrected chi connectivity index (χ0v) is 9.94. The molecule has 0 amide bonds. The molecule has 88 valence electrons. The van der Waals surface area contributed by atoms with E-state index in [-0.39, 0.29) is 11.7 Å². The van der Waals surface area contributed by atoms with Crippen LogP contribution in [0.25, 0.3) is 0 Å². The molecular formula is C13H11ClO3. The van der Waals surface area contributed by atoms with E-state index >= 15 is 0 Å². The Morgan fingerprint density at radius 3 is 2.71 bits per heavy atom. The molecule has 0 fully saturated rings. The molecule has 0 saturated carbocycles. The summed E-state index contributed by atoms with van der Waals surface area (Å²) >= 11 is 5.91. The summed E-state index contributed by atoms with van der Waals surface area (Å²) in [5.41, 5.74) is 0.990. The second-order valence-corrected chi connectivity index (χ2v) is 4.22. The second kappa shape index (κ2) is 4.63. The van der Waals surface area contributed by atoms with E-state index < -0.39 is 5.97 Å². The van der Waals surface area contributed by atoms with Gasteiger partial charge in [0.1, 0.15) is 5.76 Å². The van der Waals surface area contributed by atoms with Gasteiger partial charge in [-0.05, 0) is 29.8 Å². The van der Waals surface area contributed by atoms with Crippen molar-refractivity contribution in [2.24, 2.45) is 0 Å². The monoisotopic (exact) mass is 250 g/mol. The molecule has 0 radical (unpaired) electrons. The third-order valence-corrected chi connectivity index (χ3v) is 2.85. The van der Waals surface area contributed by atoms with E-state index in [1.54, 1.807) is 12.1 Å². The van der Waals surface area contributed by atoms with Gasteiger partial charge in [0.2, 0.25) is 5.76 Å². The molecule has 3 nitrogen and oxygen atoms in total. The van der Waals surface area contributed by atoms with Crippen LogP contribution in [0.4, 0.5) is 0 Å². The molecule has 1 atom stereocenters. The molecule has 0 aliphatic carbocycles. The van der Waals surface area contributed by atoms with Crippen LogP contribution in [0, 0.1) is 0 Å². The summed E-state index contributed by atoms with van der Waals surface area (Å²) in [4.78, 5) is 10.7. The minimum atomic E-state index is -1.06. The molecule has 0 bridgehead atoms. The van der Waals surface area contributed by atoms with Crippen molar-refractivity contribution in [3.8, 4) is 0 Å². The molecule has 0 aliphatic heterocycles. The molecule has 0 spiro atoms. The number of hydrogen-bond acceptors (Lipinski definition) is 2. The van der Waals surface area contributed by atoms with E-state index in [0.29, 0.717) is 10.8 Å². The van der Waals surface area contributed by atoms with Crippen molar-refractivity contribution in [3.63, 3.8) is 0 Å². The molecule has 2 aromatic rings. The average Bonchev–Trinajstić information content (AvgIpc) is 2.77. The number of carbonyl (C=O) groups is 1. The summed E-state index contributed by atoms with van der Waals surface area (Å²) < 4.78 is 5.26. The normalized spacial score (nSPS) is 12.4. The molecule has 4 heteroatoms. The summed E-state index contributed by atoms with van der Waals surface area (Å²) in [6.45, 7) is 1.94. The number of rotatable bonds is 3. The summed E-state index contributed by atoms with van der Waals surface area (Å²) in [5.74, 6) is -0.519. The van der Waals surface area contributed by atoms with Gasteiger partial charge in [0.05, 0.1) is 0 Å². The first kappa shape index (κ1) is 11.7. The van der Waals surface area contributed by atoms with Crippen molar-refractivity contribution in [1.82, 2.24) is 0 Å². The topological polar surface area (TPSA) is 50.4 Å². The van der Waals surface area contributed by atoms with Gasteiger partial charge in [-0.3, -0.25) is 0 Å². The molecule has 1 heterocycles. The van der Waals surface area contributed by atoms with Gasteiger partial charge < -0.3 is 9.52 Å². The zero-order chi connectivity index (χ0) is 12.4. The molecule has 1 N–H and O–H groups in total. The van der Waals surface area contributed by atoms with Crippen LogP contribution in [0.15, 0.2) is 40.8 Å².